The third kappa shape index (κ3) is 2.84. The van der Waals surface area contributed by atoms with Gasteiger partial charge in [-0.05, 0) is 18.2 Å². The molecule has 2 aromatic rings. The Morgan fingerprint density at radius 3 is 2.78 bits per heavy atom. The highest BCUT2D eigenvalue weighted by molar-refractivity contribution is 5.46. The first-order valence-corrected chi connectivity index (χ1v) is 5.71. The lowest BCUT2D eigenvalue weighted by Crippen LogP contribution is -2.17. The highest BCUT2D eigenvalue weighted by Crippen LogP contribution is 2.17. The molecule has 0 spiro atoms. The SMILES string of the molecule is CN(Cc1ccccc1F)c1ccnc(CO)c1. The number of aliphatic hydroxyl groups excluding tert-OH is 1. The van der Waals surface area contributed by atoms with Gasteiger partial charge < -0.3 is 10.0 Å². The fourth-order valence-corrected chi connectivity index (χ4v) is 1.76. The molecule has 0 fully saturated rings. The Morgan fingerprint density at radius 2 is 2.06 bits per heavy atom. The Hall–Kier alpha value is -1.94. The minimum absolute atomic E-state index is 0.0959. The van der Waals surface area contributed by atoms with Crippen LogP contribution in [0.3, 0.4) is 0 Å². The highest BCUT2D eigenvalue weighted by Gasteiger charge is 2.06. The van der Waals surface area contributed by atoms with E-state index in [1.165, 1.54) is 6.07 Å². The molecule has 1 aromatic carbocycles. The molecule has 4 heteroatoms. The summed E-state index contributed by atoms with van der Waals surface area (Å²) < 4.78 is 13.5. The van der Waals surface area contributed by atoms with E-state index in [2.05, 4.69) is 4.98 Å². The zero-order valence-electron chi connectivity index (χ0n) is 10.2. The monoisotopic (exact) mass is 246 g/mol. The number of aromatic nitrogens is 1. The zero-order chi connectivity index (χ0) is 13.0. The van der Waals surface area contributed by atoms with Gasteiger partial charge in [0.25, 0.3) is 0 Å². The number of benzene rings is 1. The lowest BCUT2D eigenvalue weighted by Gasteiger charge is -2.20. The molecule has 0 radical (unpaired) electrons. The molecular weight excluding hydrogens is 231 g/mol. The van der Waals surface area contributed by atoms with E-state index in [0.29, 0.717) is 17.8 Å². The number of halogens is 1. The van der Waals surface area contributed by atoms with E-state index in [1.807, 2.05) is 24.1 Å². The molecule has 0 aliphatic rings. The van der Waals surface area contributed by atoms with Gasteiger partial charge in [0.15, 0.2) is 0 Å². The molecule has 0 amide bonds. The third-order valence-corrected chi connectivity index (χ3v) is 2.77. The second-order valence-corrected chi connectivity index (χ2v) is 4.11. The second kappa shape index (κ2) is 5.60. The molecule has 1 heterocycles. The first-order valence-electron chi connectivity index (χ1n) is 5.71. The summed E-state index contributed by atoms with van der Waals surface area (Å²) in [6, 6.07) is 10.3. The van der Waals surface area contributed by atoms with Crippen LogP contribution in [0.1, 0.15) is 11.3 Å². The number of nitrogens with zero attached hydrogens (tertiary/aromatic N) is 2. The molecule has 0 bridgehead atoms. The van der Waals surface area contributed by atoms with Crippen molar-refractivity contribution >= 4 is 5.69 Å². The molecule has 0 aliphatic heterocycles. The summed E-state index contributed by atoms with van der Waals surface area (Å²) in [7, 11) is 1.88. The molecule has 94 valence electrons. The molecule has 0 saturated heterocycles. The number of pyridine rings is 1. The molecule has 18 heavy (non-hydrogen) atoms. The Kier molecular flexibility index (Phi) is 3.89. The van der Waals surface area contributed by atoms with Crippen LogP contribution in [0.15, 0.2) is 42.6 Å². The summed E-state index contributed by atoms with van der Waals surface area (Å²) in [5.41, 5.74) is 2.15. The maximum atomic E-state index is 13.5. The minimum Gasteiger partial charge on any atom is -0.390 e. The van der Waals surface area contributed by atoms with Crippen LogP contribution in [-0.4, -0.2) is 17.1 Å². The Morgan fingerprint density at radius 1 is 1.28 bits per heavy atom. The smallest absolute Gasteiger partial charge is 0.128 e. The highest BCUT2D eigenvalue weighted by atomic mass is 19.1. The van der Waals surface area contributed by atoms with Gasteiger partial charge in [0.1, 0.15) is 5.82 Å². The molecule has 0 atom stereocenters. The summed E-state index contributed by atoms with van der Waals surface area (Å²) >= 11 is 0. The van der Waals surface area contributed by atoms with Gasteiger partial charge in [0.2, 0.25) is 0 Å². The van der Waals surface area contributed by atoms with Gasteiger partial charge in [-0.2, -0.15) is 0 Å². The van der Waals surface area contributed by atoms with Crippen molar-refractivity contribution in [2.45, 2.75) is 13.2 Å². The first kappa shape index (κ1) is 12.5. The van der Waals surface area contributed by atoms with Gasteiger partial charge >= 0.3 is 0 Å². The molecule has 2 rings (SSSR count). The van der Waals surface area contributed by atoms with Crippen LogP contribution >= 0.6 is 0 Å². The number of rotatable bonds is 4. The van der Waals surface area contributed by atoms with Gasteiger partial charge in [-0.25, -0.2) is 4.39 Å². The van der Waals surface area contributed by atoms with E-state index >= 15 is 0 Å². The summed E-state index contributed by atoms with van der Waals surface area (Å²) in [6.07, 6.45) is 1.64. The van der Waals surface area contributed by atoms with E-state index in [9.17, 15) is 4.39 Å². The first-order chi connectivity index (χ1) is 8.70. The van der Waals surface area contributed by atoms with E-state index in [0.717, 1.165) is 5.69 Å². The number of anilines is 1. The van der Waals surface area contributed by atoms with Crippen LogP contribution in [0.25, 0.3) is 0 Å². The van der Waals surface area contributed by atoms with Crippen molar-refractivity contribution in [2.75, 3.05) is 11.9 Å². The quantitative estimate of drug-likeness (QED) is 0.899. The number of hydrogen-bond donors (Lipinski definition) is 1. The second-order valence-electron chi connectivity index (χ2n) is 4.11. The molecular formula is C14H15FN2O. The summed E-state index contributed by atoms with van der Waals surface area (Å²) in [6.45, 7) is 0.378. The van der Waals surface area contributed by atoms with Crippen molar-refractivity contribution in [3.8, 4) is 0 Å². The molecule has 0 saturated carbocycles. The van der Waals surface area contributed by atoms with Crippen LogP contribution in [0, 0.1) is 5.82 Å². The van der Waals surface area contributed by atoms with Gasteiger partial charge in [0, 0.05) is 31.0 Å². The topological polar surface area (TPSA) is 36.4 Å². The minimum atomic E-state index is -0.208. The standard InChI is InChI=1S/C14H15FN2O/c1-17(9-11-4-2-3-5-14(11)15)13-6-7-16-12(8-13)10-18/h2-8,18H,9-10H2,1H3. The third-order valence-electron chi connectivity index (χ3n) is 2.77. The van der Waals surface area contributed by atoms with Crippen LogP contribution in [-0.2, 0) is 13.2 Å². The Labute approximate surface area is 106 Å². The van der Waals surface area contributed by atoms with Crippen molar-refractivity contribution in [1.82, 2.24) is 4.98 Å². The van der Waals surface area contributed by atoms with Crippen LogP contribution in [0.2, 0.25) is 0 Å². The Bertz CT molecular complexity index is 531. The van der Waals surface area contributed by atoms with Crippen molar-refractivity contribution in [2.24, 2.45) is 0 Å². The van der Waals surface area contributed by atoms with Gasteiger partial charge in [-0.1, -0.05) is 18.2 Å². The maximum absolute atomic E-state index is 13.5. The molecule has 0 aliphatic carbocycles. The lowest BCUT2D eigenvalue weighted by molar-refractivity contribution is 0.277. The molecule has 0 unspecified atom stereocenters. The van der Waals surface area contributed by atoms with Crippen molar-refractivity contribution in [3.63, 3.8) is 0 Å². The average Bonchev–Trinajstić information content (AvgIpc) is 2.41. The predicted molar refractivity (Wildman–Crippen MR) is 68.7 cm³/mol. The predicted octanol–water partition coefficient (Wildman–Crippen LogP) is 2.35. The summed E-state index contributed by atoms with van der Waals surface area (Å²) in [5.74, 6) is -0.208. The van der Waals surface area contributed by atoms with E-state index < -0.39 is 0 Å². The van der Waals surface area contributed by atoms with Gasteiger partial charge in [-0.3, -0.25) is 4.98 Å². The van der Waals surface area contributed by atoms with Crippen molar-refractivity contribution in [1.29, 1.82) is 0 Å². The molecule has 1 aromatic heterocycles. The van der Waals surface area contributed by atoms with Crippen LogP contribution < -0.4 is 4.90 Å². The fraction of sp³-hybridized carbons (Fsp3) is 0.214. The maximum Gasteiger partial charge on any atom is 0.128 e. The summed E-state index contributed by atoms with van der Waals surface area (Å²) in [5, 5.41) is 9.04. The van der Waals surface area contributed by atoms with Crippen molar-refractivity contribution < 1.29 is 9.50 Å². The largest absolute Gasteiger partial charge is 0.390 e. The average molecular weight is 246 g/mol. The number of aliphatic hydroxyl groups is 1. The normalized spacial score (nSPS) is 10.4. The van der Waals surface area contributed by atoms with E-state index in [-0.39, 0.29) is 12.4 Å². The van der Waals surface area contributed by atoms with E-state index in [1.54, 1.807) is 24.4 Å². The lowest BCUT2D eigenvalue weighted by atomic mass is 10.2. The van der Waals surface area contributed by atoms with Gasteiger partial charge in [-0.15, -0.1) is 0 Å². The summed E-state index contributed by atoms with van der Waals surface area (Å²) in [4.78, 5) is 5.93. The number of hydrogen-bond acceptors (Lipinski definition) is 3. The zero-order valence-corrected chi connectivity index (χ0v) is 10.2. The van der Waals surface area contributed by atoms with Crippen LogP contribution in [0.4, 0.5) is 10.1 Å². The van der Waals surface area contributed by atoms with Crippen molar-refractivity contribution in [3.05, 3.63) is 59.7 Å². The van der Waals surface area contributed by atoms with Gasteiger partial charge in [0.05, 0.1) is 12.3 Å². The fourth-order valence-electron chi connectivity index (χ4n) is 1.76. The van der Waals surface area contributed by atoms with E-state index in [4.69, 9.17) is 5.11 Å². The van der Waals surface area contributed by atoms with Crippen LogP contribution in [0.5, 0.6) is 0 Å². The molecule has 3 nitrogen and oxygen atoms in total. The Balaban J connectivity index is 2.16. The molecule has 1 N–H and O–H groups in total.